The van der Waals surface area contributed by atoms with Crippen LogP contribution in [-0.2, 0) is 11.3 Å². The number of piperidine rings is 1. The van der Waals surface area contributed by atoms with E-state index in [1.165, 1.54) is 40.5 Å². The van der Waals surface area contributed by atoms with Crippen molar-refractivity contribution < 1.29 is 4.74 Å². The molecule has 1 fully saturated rings. The van der Waals surface area contributed by atoms with E-state index < -0.39 is 0 Å². The molecule has 1 aliphatic heterocycles. The minimum Gasteiger partial charge on any atom is -0.489 e. The van der Waals surface area contributed by atoms with Crippen LogP contribution in [0.3, 0.4) is 0 Å². The summed E-state index contributed by atoms with van der Waals surface area (Å²) in [5.41, 5.74) is 2.47. The molecule has 0 amide bonds. The molecule has 0 bridgehead atoms. The smallest absolute Gasteiger partial charge is 0.119 e. The molecule has 2 atom stereocenters. The van der Waals surface area contributed by atoms with Crippen LogP contribution in [0.15, 0.2) is 48.3 Å². The highest BCUT2D eigenvalue weighted by atomic mass is 127. The summed E-state index contributed by atoms with van der Waals surface area (Å²) >= 11 is 2.33. The van der Waals surface area contributed by atoms with Crippen molar-refractivity contribution in [3.05, 3.63) is 57.4 Å². The molecule has 3 heteroatoms. The van der Waals surface area contributed by atoms with Crippen LogP contribution in [0.4, 0.5) is 0 Å². The Balaban J connectivity index is 2.06. The third-order valence-electron chi connectivity index (χ3n) is 4.84. The first-order chi connectivity index (χ1) is 11.0. The first-order valence-electron chi connectivity index (χ1n) is 8.49. The maximum absolute atomic E-state index is 6.07. The lowest BCUT2D eigenvalue weighted by Gasteiger charge is -2.38. The van der Waals surface area contributed by atoms with Crippen LogP contribution < -0.4 is 0 Å². The third kappa shape index (κ3) is 5.08. The van der Waals surface area contributed by atoms with E-state index in [2.05, 4.69) is 79.1 Å². The van der Waals surface area contributed by atoms with Gasteiger partial charge in [-0.1, -0.05) is 25.1 Å². The van der Waals surface area contributed by atoms with Crippen LogP contribution in [0, 0.1) is 3.57 Å². The molecule has 2 nitrogen and oxygen atoms in total. The molecular formula is C20H28INO. The zero-order chi connectivity index (χ0) is 16.8. The van der Waals surface area contributed by atoms with E-state index in [0.29, 0.717) is 18.7 Å². The van der Waals surface area contributed by atoms with Crippen molar-refractivity contribution in [3.63, 3.8) is 0 Å². The number of hydrogen-bond acceptors (Lipinski definition) is 2. The minimum atomic E-state index is 0.397. The standard InChI is InChI=1S/C20H28INO/c1-5-20(23-14-18-10-8-11-19(21)13-18)16(3)17(4)22-12-7-6-9-15(22)2/h5,8,10-11,13,15,17H,1,6-7,9,12,14H2,2-4H3/t15-,17+/m1/s1. The average molecular weight is 425 g/mol. The van der Waals surface area contributed by atoms with Crippen molar-refractivity contribution in [1.29, 1.82) is 0 Å². The van der Waals surface area contributed by atoms with Gasteiger partial charge in [-0.3, -0.25) is 4.90 Å². The van der Waals surface area contributed by atoms with Crippen molar-refractivity contribution in [2.75, 3.05) is 6.54 Å². The van der Waals surface area contributed by atoms with Crippen LogP contribution >= 0.6 is 22.6 Å². The van der Waals surface area contributed by atoms with Gasteiger partial charge in [0.05, 0.1) is 0 Å². The Morgan fingerprint density at radius 2 is 2.26 bits per heavy atom. The van der Waals surface area contributed by atoms with E-state index in [1.54, 1.807) is 0 Å². The lowest BCUT2D eigenvalue weighted by atomic mass is 9.98. The van der Waals surface area contributed by atoms with Crippen LogP contribution in [0.5, 0.6) is 0 Å². The Bertz CT molecular complexity index is 567. The molecule has 1 aliphatic rings. The summed E-state index contributed by atoms with van der Waals surface area (Å²) in [7, 11) is 0. The Morgan fingerprint density at radius 1 is 1.48 bits per heavy atom. The van der Waals surface area contributed by atoms with Gasteiger partial charge in [0, 0.05) is 15.7 Å². The first-order valence-corrected chi connectivity index (χ1v) is 9.57. The van der Waals surface area contributed by atoms with Gasteiger partial charge in [0.1, 0.15) is 12.4 Å². The molecular weight excluding hydrogens is 397 g/mol. The summed E-state index contributed by atoms with van der Waals surface area (Å²) in [4.78, 5) is 2.59. The fourth-order valence-electron chi connectivity index (χ4n) is 3.27. The summed E-state index contributed by atoms with van der Waals surface area (Å²) in [6, 6.07) is 9.48. The highest BCUT2D eigenvalue weighted by Gasteiger charge is 2.25. The summed E-state index contributed by atoms with van der Waals surface area (Å²) in [5.74, 6) is 0.925. The molecule has 1 heterocycles. The topological polar surface area (TPSA) is 12.5 Å². The molecule has 0 radical (unpaired) electrons. The monoisotopic (exact) mass is 425 g/mol. The molecule has 0 saturated carbocycles. The van der Waals surface area contributed by atoms with E-state index in [4.69, 9.17) is 4.74 Å². The number of nitrogens with zero attached hydrogens (tertiary/aromatic N) is 1. The lowest BCUT2D eigenvalue weighted by molar-refractivity contribution is 0.125. The van der Waals surface area contributed by atoms with Crippen molar-refractivity contribution in [3.8, 4) is 0 Å². The molecule has 1 aromatic rings. The fraction of sp³-hybridized carbons (Fsp3) is 0.500. The zero-order valence-electron chi connectivity index (χ0n) is 14.5. The molecule has 0 aromatic heterocycles. The van der Waals surface area contributed by atoms with Crippen LogP contribution in [-0.4, -0.2) is 23.5 Å². The first kappa shape index (κ1) is 18.5. The average Bonchev–Trinajstić information content (AvgIpc) is 2.55. The van der Waals surface area contributed by atoms with E-state index >= 15 is 0 Å². The molecule has 0 unspecified atom stereocenters. The van der Waals surface area contributed by atoms with Gasteiger partial charge in [0.25, 0.3) is 0 Å². The number of rotatable bonds is 6. The number of benzene rings is 1. The van der Waals surface area contributed by atoms with E-state index in [9.17, 15) is 0 Å². The van der Waals surface area contributed by atoms with Crippen LogP contribution in [0.1, 0.15) is 45.6 Å². The Hall–Kier alpha value is -0.810. The molecule has 2 rings (SSSR count). The van der Waals surface area contributed by atoms with Gasteiger partial charge in [0.15, 0.2) is 0 Å². The minimum absolute atomic E-state index is 0.397. The van der Waals surface area contributed by atoms with Gasteiger partial charge in [-0.25, -0.2) is 0 Å². The van der Waals surface area contributed by atoms with Gasteiger partial charge < -0.3 is 4.74 Å². The predicted octanol–water partition coefficient (Wildman–Crippen LogP) is 5.53. The highest BCUT2D eigenvalue weighted by molar-refractivity contribution is 14.1. The Labute approximate surface area is 154 Å². The normalized spacial score (nSPS) is 21.5. The van der Waals surface area contributed by atoms with Gasteiger partial charge in [-0.2, -0.15) is 0 Å². The summed E-state index contributed by atoms with van der Waals surface area (Å²) in [5, 5.41) is 0. The number of allylic oxidation sites excluding steroid dienone is 1. The predicted molar refractivity (Wildman–Crippen MR) is 106 cm³/mol. The fourth-order valence-corrected chi connectivity index (χ4v) is 3.88. The Kier molecular flexibility index (Phi) is 7.15. The maximum Gasteiger partial charge on any atom is 0.119 e. The zero-order valence-corrected chi connectivity index (χ0v) is 16.7. The van der Waals surface area contributed by atoms with Gasteiger partial charge in [0.2, 0.25) is 0 Å². The van der Waals surface area contributed by atoms with Gasteiger partial charge >= 0.3 is 0 Å². The SMILES string of the molecule is C=CC(OCc1cccc(I)c1)=C(C)[C@H](C)N1CCCC[C@H]1C. The molecule has 1 saturated heterocycles. The number of likely N-dealkylation sites (tertiary alicyclic amines) is 1. The molecule has 23 heavy (non-hydrogen) atoms. The highest BCUT2D eigenvalue weighted by Crippen LogP contribution is 2.25. The van der Waals surface area contributed by atoms with Crippen molar-refractivity contribution >= 4 is 22.6 Å². The Morgan fingerprint density at radius 3 is 2.91 bits per heavy atom. The van der Waals surface area contributed by atoms with E-state index in [-0.39, 0.29) is 0 Å². The second kappa shape index (κ2) is 8.88. The van der Waals surface area contributed by atoms with Crippen molar-refractivity contribution in [2.45, 2.75) is 58.7 Å². The summed E-state index contributed by atoms with van der Waals surface area (Å²) in [6.45, 7) is 12.5. The maximum atomic E-state index is 6.07. The van der Waals surface area contributed by atoms with Gasteiger partial charge in [-0.05, 0) is 92.1 Å². The molecule has 1 aromatic carbocycles. The molecule has 126 valence electrons. The van der Waals surface area contributed by atoms with Crippen LogP contribution in [0.25, 0.3) is 0 Å². The third-order valence-corrected chi connectivity index (χ3v) is 5.51. The lowest BCUT2D eigenvalue weighted by Crippen LogP contribution is -2.44. The number of halogens is 1. The van der Waals surface area contributed by atoms with E-state index in [1.807, 2.05) is 6.08 Å². The summed E-state index contributed by atoms with van der Waals surface area (Å²) < 4.78 is 7.31. The quantitative estimate of drug-likeness (QED) is 0.338. The van der Waals surface area contributed by atoms with E-state index in [0.717, 1.165) is 5.76 Å². The number of ether oxygens (including phenoxy) is 1. The largest absolute Gasteiger partial charge is 0.489 e. The van der Waals surface area contributed by atoms with Crippen LogP contribution in [0.2, 0.25) is 0 Å². The second-order valence-electron chi connectivity index (χ2n) is 6.43. The molecule has 0 spiro atoms. The van der Waals surface area contributed by atoms with Gasteiger partial charge in [-0.15, -0.1) is 0 Å². The van der Waals surface area contributed by atoms with Crippen molar-refractivity contribution in [2.24, 2.45) is 0 Å². The molecule has 0 N–H and O–H groups in total. The van der Waals surface area contributed by atoms with Crippen molar-refractivity contribution in [1.82, 2.24) is 4.90 Å². The number of hydrogen-bond donors (Lipinski definition) is 0. The molecule has 0 aliphatic carbocycles. The second-order valence-corrected chi connectivity index (χ2v) is 7.67. The summed E-state index contributed by atoms with van der Waals surface area (Å²) in [6.07, 6.45) is 5.80.